The lowest BCUT2D eigenvalue weighted by Gasteiger charge is -2.18. The van der Waals surface area contributed by atoms with E-state index in [2.05, 4.69) is 6.92 Å². The lowest BCUT2D eigenvalue weighted by molar-refractivity contribution is -0.0608. The van der Waals surface area contributed by atoms with Crippen LogP contribution in [0.1, 0.15) is 97.3 Å². The molecule has 0 bridgehead atoms. The van der Waals surface area contributed by atoms with E-state index in [1.807, 2.05) is 6.92 Å². The third-order valence-electron chi connectivity index (χ3n) is 6.14. The van der Waals surface area contributed by atoms with Gasteiger partial charge in [0.25, 0.3) is 0 Å². The molecule has 204 valence electrons. The Morgan fingerprint density at radius 1 is 0.647 bits per heavy atom. The number of hydrogen-bond donors (Lipinski definition) is 2. The maximum Gasteiger partial charge on any atom is 0.101 e. The van der Waals surface area contributed by atoms with Gasteiger partial charge in [-0.05, 0) is 26.2 Å². The first-order valence-electron chi connectivity index (χ1n) is 13.9. The number of ether oxygens (including phenoxy) is 5. The van der Waals surface area contributed by atoms with Crippen molar-refractivity contribution in [1.29, 1.82) is 0 Å². The predicted octanol–water partition coefficient (Wildman–Crippen LogP) is 4.65. The zero-order valence-electron chi connectivity index (χ0n) is 22.1. The van der Waals surface area contributed by atoms with Gasteiger partial charge < -0.3 is 33.9 Å². The summed E-state index contributed by atoms with van der Waals surface area (Å²) in [6, 6.07) is 0. The summed E-state index contributed by atoms with van der Waals surface area (Å²) in [5.41, 5.74) is -0.526. The van der Waals surface area contributed by atoms with Gasteiger partial charge >= 0.3 is 0 Å². The van der Waals surface area contributed by atoms with Crippen molar-refractivity contribution in [2.45, 2.75) is 115 Å². The van der Waals surface area contributed by atoms with Gasteiger partial charge in [-0.2, -0.15) is 0 Å². The highest BCUT2D eigenvalue weighted by Crippen LogP contribution is 2.39. The van der Waals surface area contributed by atoms with Crippen molar-refractivity contribution in [2.75, 3.05) is 59.5 Å². The second-order valence-electron chi connectivity index (χ2n) is 9.82. The second kappa shape index (κ2) is 22.0. The zero-order valence-corrected chi connectivity index (χ0v) is 22.1. The van der Waals surface area contributed by atoms with Gasteiger partial charge in [-0.1, -0.05) is 64.7 Å². The highest BCUT2D eigenvalue weighted by Gasteiger charge is 2.41. The van der Waals surface area contributed by atoms with Crippen molar-refractivity contribution in [2.24, 2.45) is 0 Å². The second-order valence-corrected chi connectivity index (χ2v) is 9.82. The van der Waals surface area contributed by atoms with E-state index in [4.69, 9.17) is 23.7 Å². The molecule has 0 radical (unpaired) electrons. The standard InChI is InChI=1S/C27H54O7/c1-3-4-5-6-7-8-9-10-11-12-15-30-16-17-31-18-19-32-20-21-33-23-26(28)24-34-25(2)22-27(29)13-14-27/h25-26,28-29H,3-24H2,1-2H3. The number of unbranched alkanes of at least 4 members (excludes halogenated alkanes) is 9. The highest BCUT2D eigenvalue weighted by molar-refractivity contribution is 4.94. The van der Waals surface area contributed by atoms with Crippen molar-refractivity contribution < 1.29 is 33.9 Å². The fourth-order valence-corrected chi connectivity index (χ4v) is 3.84. The first kappa shape index (κ1) is 31.7. The Balaban J connectivity index is 1.69. The molecule has 2 unspecified atom stereocenters. The number of rotatable bonds is 27. The number of aliphatic hydroxyl groups is 2. The van der Waals surface area contributed by atoms with Crippen molar-refractivity contribution in [3.63, 3.8) is 0 Å². The van der Waals surface area contributed by atoms with Crippen molar-refractivity contribution in [3.8, 4) is 0 Å². The molecule has 1 fully saturated rings. The van der Waals surface area contributed by atoms with Gasteiger partial charge in [0.1, 0.15) is 6.10 Å². The normalized spacial score (nSPS) is 16.6. The van der Waals surface area contributed by atoms with Gasteiger partial charge in [-0.15, -0.1) is 0 Å². The van der Waals surface area contributed by atoms with Crippen LogP contribution in [0.5, 0.6) is 0 Å². The SMILES string of the molecule is CCCCCCCCCCCCOCCOCCOCCOCC(O)COC(C)CC1(O)CC1. The molecule has 1 rings (SSSR count). The Bertz CT molecular complexity index is 431. The molecule has 2 N–H and O–H groups in total. The number of aliphatic hydroxyl groups excluding tert-OH is 1. The van der Waals surface area contributed by atoms with E-state index in [0.29, 0.717) is 46.1 Å². The third-order valence-corrected chi connectivity index (χ3v) is 6.14. The summed E-state index contributed by atoms with van der Waals surface area (Å²) >= 11 is 0. The third kappa shape index (κ3) is 21.0. The fraction of sp³-hybridized carbons (Fsp3) is 1.00. The topological polar surface area (TPSA) is 86.6 Å². The molecule has 0 aliphatic heterocycles. The Morgan fingerprint density at radius 3 is 1.65 bits per heavy atom. The quantitative estimate of drug-likeness (QED) is 0.162. The number of hydrogen-bond acceptors (Lipinski definition) is 7. The molecular formula is C27H54O7. The summed E-state index contributed by atoms with van der Waals surface area (Å²) in [5, 5.41) is 19.7. The van der Waals surface area contributed by atoms with Crippen LogP contribution < -0.4 is 0 Å². The molecule has 0 spiro atoms. The summed E-state index contributed by atoms with van der Waals surface area (Å²) in [7, 11) is 0. The van der Waals surface area contributed by atoms with Gasteiger partial charge in [0.05, 0.1) is 64.6 Å². The first-order valence-corrected chi connectivity index (χ1v) is 13.9. The minimum Gasteiger partial charge on any atom is -0.390 e. The molecule has 7 nitrogen and oxygen atoms in total. The molecule has 1 aliphatic carbocycles. The van der Waals surface area contributed by atoms with Crippen LogP contribution in [-0.2, 0) is 23.7 Å². The summed E-state index contributed by atoms with van der Waals surface area (Å²) in [6.07, 6.45) is 15.0. The van der Waals surface area contributed by atoms with Gasteiger partial charge in [-0.3, -0.25) is 0 Å². The van der Waals surface area contributed by atoms with Crippen LogP contribution in [0.25, 0.3) is 0 Å². The molecule has 7 heteroatoms. The highest BCUT2D eigenvalue weighted by atomic mass is 16.6. The molecule has 0 amide bonds. The van der Waals surface area contributed by atoms with Crippen LogP contribution in [0.15, 0.2) is 0 Å². The average Bonchev–Trinajstić information content (AvgIpc) is 3.54. The summed E-state index contributed by atoms with van der Waals surface area (Å²) < 4.78 is 27.6. The van der Waals surface area contributed by atoms with Gasteiger partial charge in [0, 0.05) is 13.0 Å². The Morgan fingerprint density at radius 2 is 1.12 bits per heavy atom. The molecule has 2 atom stereocenters. The van der Waals surface area contributed by atoms with Crippen LogP contribution in [0, 0.1) is 0 Å². The lowest BCUT2D eigenvalue weighted by atomic mass is 10.1. The van der Waals surface area contributed by atoms with E-state index in [-0.39, 0.29) is 19.3 Å². The minimum absolute atomic E-state index is 0.0596. The van der Waals surface area contributed by atoms with E-state index >= 15 is 0 Å². The Hall–Kier alpha value is -0.280. The van der Waals surface area contributed by atoms with Gasteiger partial charge in [0.15, 0.2) is 0 Å². The van der Waals surface area contributed by atoms with Crippen LogP contribution >= 0.6 is 0 Å². The lowest BCUT2D eigenvalue weighted by Crippen LogP contribution is -2.27. The molecule has 0 saturated heterocycles. The van der Waals surface area contributed by atoms with E-state index in [1.165, 1.54) is 57.8 Å². The largest absolute Gasteiger partial charge is 0.390 e. The molecule has 1 saturated carbocycles. The molecular weight excluding hydrogens is 436 g/mol. The van der Waals surface area contributed by atoms with Crippen molar-refractivity contribution >= 4 is 0 Å². The van der Waals surface area contributed by atoms with Crippen molar-refractivity contribution in [3.05, 3.63) is 0 Å². The van der Waals surface area contributed by atoms with Gasteiger partial charge in [-0.25, -0.2) is 0 Å². The summed E-state index contributed by atoms with van der Waals surface area (Å²) in [4.78, 5) is 0. The van der Waals surface area contributed by atoms with Gasteiger partial charge in [0.2, 0.25) is 0 Å². The minimum atomic E-state index is -0.667. The summed E-state index contributed by atoms with van der Waals surface area (Å²) in [6.45, 7) is 8.63. The van der Waals surface area contributed by atoms with E-state index in [0.717, 1.165) is 25.9 Å². The molecule has 34 heavy (non-hydrogen) atoms. The van der Waals surface area contributed by atoms with Crippen molar-refractivity contribution in [1.82, 2.24) is 0 Å². The average molecular weight is 491 g/mol. The molecule has 0 aromatic carbocycles. The summed E-state index contributed by atoms with van der Waals surface area (Å²) in [5.74, 6) is 0. The van der Waals surface area contributed by atoms with Crippen LogP contribution in [0.2, 0.25) is 0 Å². The van der Waals surface area contributed by atoms with E-state index in [9.17, 15) is 10.2 Å². The van der Waals surface area contributed by atoms with Crippen LogP contribution in [0.4, 0.5) is 0 Å². The monoisotopic (exact) mass is 490 g/mol. The van der Waals surface area contributed by atoms with E-state index < -0.39 is 11.7 Å². The molecule has 0 aromatic rings. The smallest absolute Gasteiger partial charge is 0.101 e. The van der Waals surface area contributed by atoms with Crippen LogP contribution in [-0.4, -0.2) is 87.5 Å². The first-order chi connectivity index (χ1) is 16.6. The fourth-order valence-electron chi connectivity index (χ4n) is 3.84. The predicted molar refractivity (Wildman–Crippen MR) is 135 cm³/mol. The molecule has 0 aromatic heterocycles. The molecule has 1 aliphatic rings. The maximum absolute atomic E-state index is 9.89. The molecule has 0 heterocycles. The Kier molecular flexibility index (Phi) is 20.5. The Labute approximate surface area is 208 Å². The van der Waals surface area contributed by atoms with E-state index in [1.54, 1.807) is 0 Å². The van der Waals surface area contributed by atoms with Crippen LogP contribution in [0.3, 0.4) is 0 Å². The maximum atomic E-state index is 9.89. The zero-order chi connectivity index (χ0) is 24.7.